The number of carbonyl (C=O) groups is 1. The standard InChI is InChI=1S/C24H26N2O2/c1-17(22-9-5-7-18-6-3-4-8-23(18)22)25(2)21-14-15-26(16-21)20-12-10-19(11-13-20)24(27)28/h3-13,17,21H,14-16H2,1-2H3,(H,27,28)/t17-,21+/m1/s1. The average molecular weight is 374 g/mol. The van der Waals surface area contributed by atoms with E-state index >= 15 is 0 Å². The Kier molecular flexibility index (Phi) is 5.05. The number of rotatable bonds is 5. The van der Waals surface area contributed by atoms with Crippen molar-refractivity contribution >= 4 is 22.4 Å². The Morgan fingerprint density at radius 1 is 1.07 bits per heavy atom. The van der Waals surface area contributed by atoms with Crippen LogP contribution in [0.5, 0.6) is 0 Å². The van der Waals surface area contributed by atoms with E-state index < -0.39 is 5.97 Å². The summed E-state index contributed by atoms with van der Waals surface area (Å²) in [6, 6.07) is 23.1. The van der Waals surface area contributed by atoms with Crippen molar-refractivity contribution in [3.05, 3.63) is 77.9 Å². The quantitative estimate of drug-likeness (QED) is 0.696. The summed E-state index contributed by atoms with van der Waals surface area (Å²) < 4.78 is 0. The summed E-state index contributed by atoms with van der Waals surface area (Å²) in [5.74, 6) is -0.880. The normalized spacial score (nSPS) is 18.0. The van der Waals surface area contributed by atoms with Crippen molar-refractivity contribution < 1.29 is 9.90 Å². The lowest BCUT2D eigenvalue weighted by atomic mass is 9.98. The number of benzene rings is 3. The molecule has 2 atom stereocenters. The smallest absolute Gasteiger partial charge is 0.335 e. The second kappa shape index (κ2) is 7.64. The molecule has 4 rings (SSSR count). The van der Waals surface area contributed by atoms with Crippen LogP contribution in [0, 0.1) is 0 Å². The van der Waals surface area contributed by atoms with E-state index in [-0.39, 0.29) is 0 Å². The number of hydrogen-bond acceptors (Lipinski definition) is 3. The second-order valence-corrected chi connectivity index (χ2v) is 7.65. The molecular formula is C24H26N2O2. The summed E-state index contributed by atoms with van der Waals surface area (Å²) in [6.45, 7) is 4.23. The van der Waals surface area contributed by atoms with Gasteiger partial charge in [-0.25, -0.2) is 4.79 Å². The van der Waals surface area contributed by atoms with E-state index in [1.807, 2.05) is 12.1 Å². The van der Waals surface area contributed by atoms with Crippen molar-refractivity contribution in [3.63, 3.8) is 0 Å². The van der Waals surface area contributed by atoms with Gasteiger partial charge in [0.1, 0.15) is 0 Å². The predicted octanol–water partition coefficient (Wildman–Crippen LogP) is 4.81. The number of likely N-dealkylation sites (N-methyl/N-ethyl adjacent to an activating group) is 1. The Morgan fingerprint density at radius 2 is 1.79 bits per heavy atom. The van der Waals surface area contributed by atoms with E-state index in [4.69, 9.17) is 5.11 Å². The van der Waals surface area contributed by atoms with Gasteiger partial charge in [0.05, 0.1) is 5.56 Å². The lowest BCUT2D eigenvalue weighted by Gasteiger charge is -2.32. The summed E-state index contributed by atoms with van der Waals surface area (Å²) in [5.41, 5.74) is 2.80. The van der Waals surface area contributed by atoms with E-state index in [9.17, 15) is 4.79 Å². The number of carboxylic acids is 1. The van der Waals surface area contributed by atoms with Gasteiger partial charge in [-0.1, -0.05) is 42.5 Å². The number of nitrogens with zero attached hydrogens (tertiary/aromatic N) is 2. The molecule has 1 fully saturated rings. The molecule has 144 valence electrons. The van der Waals surface area contributed by atoms with Crippen molar-refractivity contribution in [1.29, 1.82) is 0 Å². The lowest BCUT2D eigenvalue weighted by Crippen LogP contribution is -2.36. The summed E-state index contributed by atoms with van der Waals surface area (Å²) >= 11 is 0. The molecule has 0 spiro atoms. The Morgan fingerprint density at radius 3 is 2.54 bits per heavy atom. The molecule has 1 saturated heterocycles. The Labute approximate surface area is 166 Å². The Hall–Kier alpha value is -2.85. The molecule has 4 nitrogen and oxygen atoms in total. The minimum absolute atomic E-state index is 0.324. The first-order chi connectivity index (χ1) is 13.5. The van der Waals surface area contributed by atoms with Crippen LogP contribution in [0.1, 0.15) is 35.3 Å². The predicted molar refractivity (Wildman–Crippen MR) is 114 cm³/mol. The van der Waals surface area contributed by atoms with Gasteiger partial charge in [-0.2, -0.15) is 0 Å². The molecule has 3 aromatic carbocycles. The van der Waals surface area contributed by atoms with Crippen LogP contribution in [0.3, 0.4) is 0 Å². The van der Waals surface area contributed by atoms with Crippen LogP contribution in [0.25, 0.3) is 10.8 Å². The third kappa shape index (κ3) is 3.48. The second-order valence-electron chi connectivity index (χ2n) is 7.65. The number of fused-ring (bicyclic) bond motifs is 1. The van der Waals surface area contributed by atoms with Crippen LogP contribution in [0.15, 0.2) is 66.7 Å². The van der Waals surface area contributed by atoms with Crippen molar-refractivity contribution in [2.24, 2.45) is 0 Å². The summed E-state index contributed by atoms with van der Waals surface area (Å²) in [5, 5.41) is 11.7. The highest BCUT2D eigenvalue weighted by molar-refractivity contribution is 5.88. The average Bonchev–Trinajstić information content (AvgIpc) is 3.22. The molecule has 0 aromatic heterocycles. The number of anilines is 1. The largest absolute Gasteiger partial charge is 0.478 e. The molecular weight excluding hydrogens is 348 g/mol. The SMILES string of the molecule is C[C@H](c1cccc2ccccc12)N(C)[C@H]1CCN(c2ccc(C(=O)O)cc2)C1. The fourth-order valence-corrected chi connectivity index (χ4v) is 4.27. The van der Waals surface area contributed by atoms with Crippen LogP contribution in [-0.4, -0.2) is 42.2 Å². The zero-order valence-corrected chi connectivity index (χ0v) is 16.4. The molecule has 1 heterocycles. The van der Waals surface area contributed by atoms with Gasteiger partial charge in [-0.15, -0.1) is 0 Å². The fourth-order valence-electron chi connectivity index (χ4n) is 4.27. The molecule has 1 N–H and O–H groups in total. The Balaban J connectivity index is 1.49. The number of hydrogen-bond donors (Lipinski definition) is 1. The van der Waals surface area contributed by atoms with Gasteiger partial charge in [-0.3, -0.25) is 4.90 Å². The van der Waals surface area contributed by atoms with Crippen molar-refractivity contribution in [1.82, 2.24) is 4.90 Å². The van der Waals surface area contributed by atoms with Gasteiger partial charge in [0, 0.05) is 30.9 Å². The topological polar surface area (TPSA) is 43.8 Å². The molecule has 1 aliphatic heterocycles. The highest BCUT2D eigenvalue weighted by Crippen LogP contribution is 2.31. The van der Waals surface area contributed by atoms with E-state index in [0.717, 1.165) is 25.2 Å². The van der Waals surface area contributed by atoms with Crippen molar-refractivity contribution in [3.8, 4) is 0 Å². The molecule has 3 aromatic rings. The number of carboxylic acid groups (broad SMARTS) is 1. The number of aromatic carboxylic acids is 1. The molecule has 0 aliphatic carbocycles. The van der Waals surface area contributed by atoms with E-state index in [1.54, 1.807) is 12.1 Å². The fraction of sp³-hybridized carbons (Fsp3) is 0.292. The van der Waals surface area contributed by atoms with Crippen LogP contribution in [0.2, 0.25) is 0 Å². The minimum Gasteiger partial charge on any atom is -0.478 e. The zero-order chi connectivity index (χ0) is 19.7. The van der Waals surface area contributed by atoms with Crippen LogP contribution in [-0.2, 0) is 0 Å². The lowest BCUT2D eigenvalue weighted by molar-refractivity contribution is 0.0697. The maximum atomic E-state index is 11.1. The maximum Gasteiger partial charge on any atom is 0.335 e. The molecule has 0 radical (unpaired) electrons. The van der Waals surface area contributed by atoms with Gasteiger partial charge in [0.2, 0.25) is 0 Å². The third-order valence-electron chi connectivity index (χ3n) is 6.10. The van der Waals surface area contributed by atoms with Crippen molar-refractivity contribution in [2.45, 2.75) is 25.4 Å². The first-order valence-electron chi connectivity index (χ1n) is 9.82. The molecule has 0 unspecified atom stereocenters. The van der Waals surface area contributed by atoms with E-state index in [2.05, 4.69) is 66.2 Å². The molecule has 28 heavy (non-hydrogen) atoms. The first kappa shape index (κ1) is 18.5. The van der Waals surface area contributed by atoms with Gasteiger partial charge in [0.15, 0.2) is 0 Å². The van der Waals surface area contributed by atoms with E-state index in [0.29, 0.717) is 17.6 Å². The molecule has 1 aliphatic rings. The van der Waals surface area contributed by atoms with Gasteiger partial charge in [0.25, 0.3) is 0 Å². The molecule has 0 saturated carbocycles. The first-order valence-corrected chi connectivity index (χ1v) is 9.82. The summed E-state index contributed by atoms with van der Waals surface area (Å²) in [4.78, 5) is 15.9. The Bertz CT molecular complexity index is 978. The van der Waals surface area contributed by atoms with Gasteiger partial charge in [-0.05, 0) is 61.0 Å². The maximum absolute atomic E-state index is 11.1. The van der Waals surface area contributed by atoms with Crippen molar-refractivity contribution in [2.75, 3.05) is 25.0 Å². The summed E-state index contributed by atoms with van der Waals surface area (Å²) in [7, 11) is 2.22. The van der Waals surface area contributed by atoms with Crippen LogP contribution >= 0.6 is 0 Å². The highest BCUT2D eigenvalue weighted by Gasteiger charge is 2.29. The molecule has 4 heteroatoms. The monoisotopic (exact) mass is 374 g/mol. The minimum atomic E-state index is -0.880. The van der Waals surface area contributed by atoms with Gasteiger partial charge >= 0.3 is 5.97 Å². The van der Waals surface area contributed by atoms with Gasteiger partial charge < -0.3 is 10.0 Å². The third-order valence-corrected chi connectivity index (χ3v) is 6.10. The molecule has 0 amide bonds. The zero-order valence-electron chi connectivity index (χ0n) is 16.4. The summed E-state index contributed by atoms with van der Waals surface area (Å²) in [6.07, 6.45) is 1.10. The highest BCUT2D eigenvalue weighted by atomic mass is 16.4. The van der Waals surface area contributed by atoms with Crippen LogP contribution < -0.4 is 4.90 Å². The van der Waals surface area contributed by atoms with Crippen LogP contribution in [0.4, 0.5) is 5.69 Å². The van der Waals surface area contributed by atoms with E-state index in [1.165, 1.54) is 16.3 Å². The molecule has 0 bridgehead atoms.